The van der Waals surface area contributed by atoms with Gasteiger partial charge in [-0.05, 0) is 40.9 Å². The van der Waals surface area contributed by atoms with E-state index in [0.29, 0.717) is 18.6 Å². The number of benzene rings is 1. The molecule has 1 aromatic carbocycles. The van der Waals surface area contributed by atoms with Crippen LogP contribution in [0.25, 0.3) is 0 Å². The summed E-state index contributed by atoms with van der Waals surface area (Å²) in [6.45, 7) is 14.2. The first kappa shape index (κ1) is 19.9. The molecule has 1 rings (SSSR count). The van der Waals surface area contributed by atoms with Crippen LogP contribution in [0.1, 0.15) is 71.6 Å². The molecule has 1 aromatic rings. The van der Waals surface area contributed by atoms with Crippen molar-refractivity contribution in [3.63, 3.8) is 0 Å². The Bertz CT molecular complexity index is 528. The normalized spacial score (nSPS) is 13.7. The van der Waals surface area contributed by atoms with Gasteiger partial charge in [-0.25, -0.2) is 0 Å². The summed E-state index contributed by atoms with van der Waals surface area (Å²) in [5.41, 5.74) is 2.14. The molecular formula is C19H30O3S. The van der Waals surface area contributed by atoms with Crippen LogP contribution in [0.5, 0.6) is 5.75 Å². The van der Waals surface area contributed by atoms with E-state index in [4.69, 9.17) is 4.74 Å². The average Bonchev–Trinajstić information content (AvgIpc) is 2.33. The number of thiol groups is 1. The molecule has 0 aliphatic rings. The second kappa shape index (κ2) is 7.16. The van der Waals surface area contributed by atoms with E-state index < -0.39 is 5.44 Å². The first-order valence-corrected chi connectivity index (χ1v) is 8.58. The summed E-state index contributed by atoms with van der Waals surface area (Å²) < 4.78 is 5.07. The molecule has 0 saturated heterocycles. The van der Waals surface area contributed by atoms with Gasteiger partial charge in [-0.2, -0.15) is 0 Å². The number of hydrogen-bond donors (Lipinski definition) is 2. The zero-order chi connectivity index (χ0) is 18.0. The molecule has 0 bridgehead atoms. The quantitative estimate of drug-likeness (QED) is 0.473. The Labute approximate surface area is 145 Å². The highest BCUT2D eigenvalue weighted by atomic mass is 32.1. The zero-order valence-corrected chi connectivity index (χ0v) is 16.3. The molecule has 1 N–H and O–H groups in total. The van der Waals surface area contributed by atoms with Crippen molar-refractivity contribution in [3.05, 3.63) is 28.8 Å². The van der Waals surface area contributed by atoms with Crippen LogP contribution in [-0.2, 0) is 26.8 Å². The fourth-order valence-corrected chi connectivity index (χ4v) is 2.60. The highest BCUT2D eigenvalue weighted by molar-refractivity contribution is 7.80. The van der Waals surface area contributed by atoms with E-state index in [-0.39, 0.29) is 16.8 Å². The smallest absolute Gasteiger partial charge is 0.307 e. The van der Waals surface area contributed by atoms with E-state index in [0.717, 1.165) is 16.7 Å². The number of carbonyl (C=O) groups is 1. The van der Waals surface area contributed by atoms with Crippen molar-refractivity contribution in [2.24, 2.45) is 0 Å². The van der Waals surface area contributed by atoms with Crippen LogP contribution in [0.2, 0.25) is 0 Å². The fourth-order valence-electron chi connectivity index (χ4n) is 2.48. The van der Waals surface area contributed by atoms with Crippen LogP contribution in [0.15, 0.2) is 12.1 Å². The Balaban J connectivity index is 3.16. The van der Waals surface area contributed by atoms with Gasteiger partial charge in [0.1, 0.15) is 11.2 Å². The molecule has 0 fully saturated rings. The lowest BCUT2D eigenvalue weighted by Crippen LogP contribution is -2.18. The Hall–Kier alpha value is -1.16. The van der Waals surface area contributed by atoms with Gasteiger partial charge in [0.05, 0.1) is 0 Å². The van der Waals surface area contributed by atoms with E-state index in [1.54, 1.807) is 6.92 Å². The minimum atomic E-state index is -0.391. The number of aromatic hydroxyl groups is 1. The lowest BCUT2D eigenvalue weighted by molar-refractivity contribution is -0.144. The third-order valence-electron chi connectivity index (χ3n) is 3.71. The molecule has 23 heavy (non-hydrogen) atoms. The Kier molecular flexibility index (Phi) is 6.19. The number of carbonyl (C=O) groups excluding carboxylic acids is 1. The molecule has 0 spiro atoms. The van der Waals surface area contributed by atoms with Crippen molar-refractivity contribution < 1.29 is 14.6 Å². The highest BCUT2D eigenvalue weighted by Crippen LogP contribution is 2.39. The second-order valence-electron chi connectivity index (χ2n) is 8.13. The molecule has 4 heteroatoms. The predicted molar refractivity (Wildman–Crippen MR) is 98.4 cm³/mol. The first-order chi connectivity index (χ1) is 10.3. The summed E-state index contributed by atoms with van der Waals surface area (Å²) in [4.78, 5) is 11.7. The molecule has 0 aromatic heterocycles. The van der Waals surface area contributed by atoms with Gasteiger partial charge < -0.3 is 9.84 Å². The van der Waals surface area contributed by atoms with Crippen LogP contribution in [-0.4, -0.2) is 16.5 Å². The molecule has 1 unspecified atom stereocenters. The maximum absolute atomic E-state index is 11.7. The van der Waals surface area contributed by atoms with Crippen molar-refractivity contribution in [2.45, 2.75) is 77.6 Å². The van der Waals surface area contributed by atoms with E-state index in [2.05, 4.69) is 54.2 Å². The molecule has 0 saturated carbocycles. The van der Waals surface area contributed by atoms with Crippen molar-refractivity contribution in [1.29, 1.82) is 0 Å². The van der Waals surface area contributed by atoms with Crippen LogP contribution in [0.3, 0.4) is 0 Å². The summed E-state index contributed by atoms with van der Waals surface area (Å²) >= 11 is 4.06. The molecule has 3 nitrogen and oxygen atoms in total. The molecule has 130 valence electrons. The van der Waals surface area contributed by atoms with E-state index in [9.17, 15) is 9.90 Å². The number of ether oxygens (including phenoxy) is 1. The van der Waals surface area contributed by atoms with Crippen molar-refractivity contribution in [1.82, 2.24) is 0 Å². The summed E-state index contributed by atoms with van der Waals surface area (Å²) in [7, 11) is 0. The predicted octanol–water partition coefficient (Wildman–Crippen LogP) is 4.74. The van der Waals surface area contributed by atoms with Crippen molar-refractivity contribution in [3.8, 4) is 5.75 Å². The summed E-state index contributed by atoms with van der Waals surface area (Å²) in [6, 6.07) is 4.00. The maximum atomic E-state index is 11.7. The number of esters is 1. The SMILES string of the molecule is CC(S)OC(=O)CCc1cc(C(C)(C)C)c(O)c(C(C)(C)C)c1. The van der Waals surface area contributed by atoms with Gasteiger partial charge in [0, 0.05) is 6.42 Å². The lowest BCUT2D eigenvalue weighted by Gasteiger charge is -2.28. The van der Waals surface area contributed by atoms with Gasteiger partial charge in [0.2, 0.25) is 0 Å². The third kappa shape index (κ3) is 5.76. The molecule has 0 aliphatic heterocycles. The molecule has 0 heterocycles. The number of aryl methyl sites for hydroxylation is 1. The van der Waals surface area contributed by atoms with Gasteiger partial charge in [0.15, 0.2) is 0 Å². The number of phenols is 1. The number of phenolic OH excluding ortho intramolecular Hbond substituents is 1. The lowest BCUT2D eigenvalue weighted by atomic mass is 9.78. The van der Waals surface area contributed by atoms with Gasteiger partial charge in [-0.15, -0.1) is 12.6 Å². The summed E-state index contributed by atoms with van der Waals surface area (Å²) in [5, 5.41) is 10.7. The van der Waals surface area contributed by atoms with E-state index in [1.165, 1.54) is 0 Å². The van der Waals surface area contributed by atoms with Crippen molar-refractivity contribution in [2.75, 3.05) is 0 Å². The topological polar surface area (TPSA) is 46.5 Å². The molecular weight excluding hydrogens is 308 g/mol. The maximum Gasteiger partial charge on any atom is 0.307 e. The van der Waals surface area contributed by atoms with Gasteiger partial charge >= 0.3 is 5.97 Å². The summed E-state index contributed by atoms with van der Waals surface area (Å²) in [5.74, 6) is 0.107. The van der Waals surface area contributed by atoms with Crippen LogP contribution in [0.4, 0.5) is 0 Å². The Morgan fingerprint density at radius 3 is 1.91 bits per heavy atom. The monoisotopic (exact) mass is 338 g/mol. The molecule has 0 amide bonds. The summed E-state index contributed by atoms with van der Waals surface area (Å²) in [6.07, 6.45) is 0.897. The minimum Gasteiger partial charge on any atom is -0.507 e. The standard InChI is InChI=1S/C19H30O3S/c1-12(23)22-16(20)9-8-13-10-14(18(2,3)4)17(21)15(11-13)19(5,6)7/h10-12,21,23H,8-9H2,1-7H3. The Morgan fingerprint density at radius 1 is 1.13 bits per heavy atom. The zero-order valence-electron chi connectivity index (χ0n) is 15.4. The molecule has 0 aliphatic carbocycles. The highest BCUT2D eigenvalue weighted by Gasteiger charge is 2.26. The number of hydrogen-bond acceptors (Lipinski definition) is 4. The average molecular weight is 339 g/mol. The fraction of sp³-hybridized carbons (Fsp3) is 0.632. The van der Waals surface area contributed by atoms with Gasteiger partial charge in [-0.1, -0.05) is 53.7 Å². The largest absolute Gasteiger partial charge is 0.507 e. The van der Waals surface area contributed by atoms with Gasteiger partial charge in [0.25, 0.3) is 0 Å². The van der Waals surface area contributed by atoms with E-state index >= 15 is 0 Å². The van der Waals surface area contributed by atoms with E-state index in [1.807, 2.05) is 12.1 Å². The van der Waals surface area contributed by atoms with Crippen molar-refractivity contribution >= 4 is 18.6 Å². The molecule has 0 radical (unpaired) electrons. The third-order valence-corrected chi connectivity index (χ3v) is 3.81. The van der Waals surface area contributed by atoms with Crippen LogP contribution in [0, 0.1) is 0 Å². The van der Waals surface area contributed by atoms with Gasteiger partial charge in [-0.3, -0.25) is 4.79 Å². The number of rotatable bonds is 4. The Morgan fingerprint density at radius 2 is 1.57 bits per heavy atom. The minimum absolute atomic E-state index is 0.166. The van der Waals surface area contributed by atoms with Crippen LogP contribution < -0.4 is 0 Å². The molecule has 1 atom stereocenters. The second-order valence-corrected chi connectivity index (χ2v) is 8.86. The first-order valence-electron chi connectivity index (χ1n) is 8.06. The van der Waals surface area contributed by atoms with Crippen LogP contribution >= 0.6 is 12.6 Å².